The standard InChI is InChI=1S/C13H16ClNO3/c1-18-12-5-4-9(14)7-11(12)13(17)15-6-2-3-10(15)8-16/h4-5,7,10,16H,2-3,6,8H2,1H3/t10-/m1/s1. The molecule has 1 aromatic carbocycles. The number of likely N-dealkylation sites (tertiary alicyclic amines) is 1. The highest BCUT2D eigenvalue weighted by Gasteiger charge is 2.30. The number of benzene rings is 1. The van der Waals surface area contributed by atoms with Crippen molar-refractivity contribution in [3.05, 3.63) is 28.8 Å². The van der Waals surface area contributed by atoms with Crippen LogP contribution in [0.2, 0.25) is 5.02 Å². The van der Waals surface area contributed by atoms with E-state index in [0.29, 0.717) is 22.9 Å². The maximum Gasteiger partial charge on any atom is 0.258 e. The highest BCUT2D eigenvalue weighted by molar-refractivity contribution is 6.31. The molecule has 5 heteroatoms. The minimum Gasteiger partial charge on any atom is -0.496 e. The van der Waals surface area contributed by atoms with Crippen LogP contribution in [-0.4, -0.2) is 42.2 Å². The van der Waals surface area contributed by atoms with Gasteiger partial charge in [-0.05, 0) is 31.0 Å². The summed E-state index contributed by atoms with van der Waals surface area (Å²) in [4.78, 5) is 14.1. The number of nitrogens with zero attached hydrogens (tertiary/aromatic N) is 1. The monoisotopic (exact) mass is 269 g/mol. The summed E-state index contributed by atoms with van der Waals surface area (Å²) in [5, 5.41) is 9.76. The maximum atomic E-state index is 12.4. The molecule has 1 fully saturated rings. The van der Waals surface area contributed by atoms with Crippen molar-refractivity contribution in [3.8, 4) is 5.75 Å². The molecule has 98 valence electrons. The minimum atomic E-state index is -0.133. The average molecular weight is 270 g/mol. The van der Waals surface area contributed by atoms with Crippen molar-refractivity contribution in [2.75, 3.05) is 20.3 Å². The summed E-state index contributed by atoms with van der Waals surface area (Å²) in [7, 11) is 1.52. The van der Waals surface area contributed by atoms with Crippen LogP contribution in [0.25, 0.3) is 0 Å². The van der Waals surface area contributed by atoms with Crippen molar-refractivity contribution in [2.45, 2.75) is 18.9 Å². The summed E-state index contributed by atoms with van der Waals surface area (Å²) < 4.78 is 5.18. The molecule has 1 aliphatic rings. The molecule has 1 N–H and O–H groups in total. The summed E-state index contributed by atoms with van der Waals surface area (Å²) >= 11 is 5.92. The number of hydrogen-bond donors (Lipinski definition) is 1. The van der Waals surface area contributed by atoms with Gasteiger partial charge in [0.1, 0.15) is 5.75 Å². The highest BCUT2D eigenvalue weighted by Crippen LogP contribution is 2.27. The smallest absolute Gasteiger partial charge is 0.258 e. The zero-order valence-corrected chi connectivity index (χ0v) is 11.0. The van der Waals surface area contributed by atoms with Gasteiger partial charge in [-0.25, -0.2) is 0 Å². The Morgan fingerprint density at radius 2 is 2.39 bits per heavy atom. The Balaban J connectivity index is 2.30. The van der Waals surface area contributed by atoms with Crippen LogP contribution < -0.4 is 4.74 Å². The molecule has 18 heavy (non-hydrogen) atoms. The lowest BCUT2D eigenvalue weighted by atomic mass is 10.1. The zero-order chi connectivity index (χ0) is 13.1. The number of rotatable bonds is 3. The first kappa shape index (κ1) is 13.2. The van der Waals surface area contributed by atoms with Gasteiger partial charge in [-0.3, -0.25) is 4.79 Å². The Hall–Kier alpha value is -1.26. The van der Waals surface area contributed by atoms with Gasteiger partial charge in [0.2, 0.25) is 0 Å². The van der Waals surface area contributed by atoms with Crippen LogP contribution in [-0.2, 0) is 0 Å². The van der Waals surface area contributed by atoms with Gasteiger partial charge in [-0.1, -0.05) is 11.6 Å². The molecule has 0 saturated carbocycles. The van der Waals surface area contributed by atoms with Gasteiger partial charge < -0.3 is 14.7 Å². The van der Waals surface area contributed by atoms with Crippen molar-refractivity contribution in [3.63, 3.8) is 0 Å². The summed E-state index contributed by atoms with van der Waals surface area (Å²) in [5.41, 5.74) is 0.449. The maximum absolute atomic E-state index is 12.4. The second-order valence-corrected chi connectivity index (χ2v) is 4.76. The predicted molar refractivity (Wildman–Crippen MR) is 69.1 cm³/mol. The molecule has 1 saturated heterocycles. The second-order valence-electron chi connectivity index (χ2n) is 4.32. The molecule has 0 unspecified atom stereocenters. The van der Waals surface area contributed by atoms with E-state index in [4.69, 9.17) is 16.3 Å². The van der Waals surface area contributed by atoms with Gasteiger partial charge in [-0.2, -0.15) is 0 Å². The van der Waals surface area contributed by atoms with E-state index in [1.54, 1.807) is 23.1 Å². The molecule has 1 aromatic rings. The molecule has 0 bridgehead atoms. The number of aliphatic hydroxyl groups is 1. The van der Waals surface area contributed by atoms with Crippen molar-refractivity contribution in [1.82, 2.24) is 4.90 Å². The molecule has 0 radical (unpaired) electrons. The van der Waals surface area contributed by atoms with E-state index in [1.807, 2.05) is 0 Å². The van der Waals surface area contributed by atoms with Crippen LogP contribution >= 0.6 is 11.6 Å². The number of amides is 1. The molecular weight excluding hydrogens is 254 g/mol. The Labute approximate surface area is 111 Å². The summed E-state index contributed by atoms with van der Waals surface area (Å²) in [6, 6.07) is 4.88. The van der Waals surface area contributed by atoms with Crippen LogP contribution in [0.15, 0.2) is 18.2 Å². The number of halogens is 1. The molecule has 0 spiro atoms. The molecule has 4 nitrogen and oxygen atoms in total. The first-order valence-corrected chi connectivity index (χ1v) is 6.30. The van der Waals surface area contributed by atoms with E-state index in [1.165, 1.54) is 7.11 Å². The SMILES string of the molecule is COc1ccc(Cl)cc1C(=O)N1CCC[C@@H]1CO. The third kappa shape index (κ3) is 2.44. The topological polar surface area (TPSA) is 49.8 Å². The highest BCUT2D eigenvalue weighted by atomic mass is 35.5. The van der Waals surface area contributed by atoms with Crippen LogP contribution in [0.4, 0.5) is 0 Å². The average Bonchev–Trinajstić information content (AvgIpc) is 2.86. The van der Waals surface area contributed by atoms with Crippen LogP contribution in [0.1, 0.15) is 23.2 Å². The molecule has 0 aromatic heterocycles. The van der Waals surface area contributed by atoms with Crippen LogP contribution in [0.3, 0.4) is 0 Å². The third-order valence-corrected chi connectivity index (χ3v) is 3.48. The molecule has 1 aliphatic heterocycles. The van der Waals surface area contributed by atoms with E-state index in [9.17, 15) is 9.90 Å². The summed E-state index contributed by atoms with van der Waals surface area (Å²) in [6.45, 7) is 0.661. The molecular formula is C13H16ClNO3. The first-order valence-electron chi connectivity index (χ1n) is 5.92. The lowest BCUT2D eigenvalue weighted by Crippen LogP contribution is -2.37. The predicted octanol–water partition coefficient (Wildman–Crippen LogP) is 1.95. The second kappa shape index (κ2) is 5.59. The minimum absolute atomic E-state index is 0.00534. The Kier molecular flexibility index (Phi) is 4.09. The van der Waals surface area contributed by atoms with Crippen LogP contribution in [0.5, 0.6) is 5.75 Å². The molecule has 2 rings (SSSR count). The van der Waals surface area contributed by atoms with Crippen molar-refractivity contribution in [1.29, 1.82) is 0 Å². The number of carbonyl (C=O) groups is 1. The Morgan fingerprint density at radius 1 is 1.61 bits per heavy atom. The van der Waals surface area contributed by atoms with Gasteiger partial charge in [0, 0.05) is 11.6 Å². The van der Waals surface area contributed by atoms with E-state index in [0.717, 1.165) is 12.8 Å². The molecule has 1 amide bonds. The normalized spacial score (nSPS) is 19.1. The van der Waals surface area contributed by atoms with E-state index in [2.05, 4.69) is 0 Å². The van der Waals surface area contributed by atoms with E-state index in [-0.39, 0.29) is 18.6 Å². The number of aliphatic hydroxyl groups excluding tert-OH is 1. The zero-order valence-electron chi connectivity index (χ0n) is 10.2. The molecule has 1 heterocycles. The fourth-order valence-corrected chi connectivity index (χ4v) is 2.47. The van der Waals surface area contributed by atoms with Crippen molar-refractivity contribution >= 4 is 17.5 Å². The van der Waals surface area contributed by atoms with Crippen molar-refractivity contribution < 1.29 is 14.6 Å². The fourth-order valence-electron chi connectivity index (χ4n) is 2.29. The van der Waals surface area contributed by atoms with Gasteiger partial charge in [0.05, 0.1) is 25.3 Å². The number of hydrogen-bond acceptors (Lipinski definition) is 3. The largest absolute Gasteiger partial charge is 0.496 e. The van der Waals surface area contributed by atoms with Gasteiger partial charge in [-0.15, -0.1) is 0 Å². The number of ether oxygens (including phenoxy) is 1. The van der Waals surface area contributed by atoms with E-state index >= 15 is 0 Å². The summed E-state index contributed by atoms with van der Waals surface area (Å²) in [5.74, 6) is 0.374. The number of carbonyl (C=O) groups excluding carboxylic acids is 1. The van der Waals surface area contributed by atoms with Crippen molar-refractivity contribution in [2.24, 2.45) is 0 Å². The van der Waals surface area contributed by atoms with Gasteiger partial charge in [0.15, 0.2) is 0 Å². The lowest BCUT2D eigenvalue weighted by molar-refractivity contribution is 0.0674. The van der Waals surface area contributed by atoms with Gasteiger partial charge in [0.25, 0.3) is 5.91 Å². The van der Waals surface area contributed by atoms with E-state index < -0.39 is 0 Å². The first-order chi connectivity index (χ1) is 8.67. The molecule has 1 atom stereocenters. The fraction of sp³-hybridized carbons (Fsp3) is 0.462. The Bertz CT molecular complexity index is 450. The van der Waals surface area contributed by atoms with Gasteiger partial charge >= 0.3 is 0 Å². The summed E-state index contributed by atoms with van der Waals surface area (Å²) in [6.07, 6.45) is 1.75. The van der Waals surface area contributed by atoms with Crippen LogP contribution in [0, 0.1) is 0 Å². The third-order valence-electron chi connectivity index (χ3n) is 3.24. The lowest BCUT2D eigenvalue weighted by Gasteiger charge is -2.23. The molecule has 0 aliphatic carbocycles. The number of methoxy groups -OCH3 is 1. The quantitative estimate of drug-likeness (QED) is 0.912. The Morgan fingerprint density at radius 3 is 3.06 bits per heavy atom.